The smallest absolute Gasteiger partial charge is 0.268 e. The molecule has 6 nitrogen and oxygen atoms in total. The van der Waals surface area contributed by atoms with Crippen molar-refractivity contribution in [2.75, 3.05) is 31.4 Å². The summed E-state index contributed by atoms with van der Waals surface area (Å²) in [7, 11) is 3.23. The highest BCUT2D eigenvalue weighted by atomic mass is 32.2. The highest BCUT2D eigenvalue weighted by Crippen LogP contribution is 2.55. The Morgan fingerprint density at radius 2 is 1.74 bits per heavy atom. The van der Waals surface area contributed by atoms with Gasteiger partial charge in [-0.15, -0.1) is 11.8 Å². The van der Waals surface area contributed by atoms with E-state index in [0.29, 0.717) is 30.2 Å². The zero-order valence-corrected chi connectivity index (χ0v) is 20.2. The molecule has 2 heterocycles. The number of rotatable bonds is 5. The number of fused-ring (bicyclic) bond motifs is 2. The summed E-state index contributed by atoms with van der Waals surface area (Å²) in [5.41, 5.74) is 4.20. The van der Waals surface area contributed by atoms with E-state index < -0.39 is 4.87 Å². The molecule has 1 saturated heterocycles. The molecule has 0 aliphatic carbocycles. The van der Waals surface area contributed by atoms with Crippen molar-refractivity contribution in [1.29, 1.82) is 0 Å². The molecule has 7 heteroatoms. The fourth-order valence-electron chi connectivity index (χ4n) is 4.68. The van der Waals surface area contributed by atoms with Crippen LogP contribution in [-0.4, -0.2) is 43.2 Å². The van der Waals surface area contributed by atoms with Gasteiger partial charge in [0.05, 0.1) is 26.5 Å². The third-order valence-electron chi connectivity index (χ3n) is 6.42. The minimum atomic E-state index is -1.12. The number of benzene rings is 3. The Morgan fingerprint density at radius 1 is 1.00 bits per heavy atom. The molecule has 2 aliphatic heterocycles. The van der Waals surface area contributed by atoms with Gasteiger partial charge in [-0.2, -0.15) is 0 Å². The Bertz CT molecular complexity index is 1260. The standard InChI is InChI=1S/C27H26N2O4S/c1-18-7-9-20(10-8-18)25(30)29-13-14-34-27(29)23-16-22(33-3)11-12-24(23)28(26(27)31)17-19-5-4-6-21(15-19)32-2/h4-12,15-16H,13-14,17H2,1-3H3/t27-/m1/s1. The first kappa shape index (κ1) is 22.3. The number of methoxy groups -OCH3 is 2. The molecule has 0 N–H and O–H groups in total. The van der Waals surface area contributed by atoms with Crippen molar-refractivity contribution >= 4 is 29.3 Å². The van der Waals surface area contributed by atoms with E-state index in [1.807, 2.05) is 73.7 Å². The first-order valence-corrected chi connectivity index (χ1v) is 12.1. The SMILES string of the molecule is COc1cccc(CN2C(=O)[C@]3(SCCN3C(=O)c3ccc(C)cc3)c3cc(OC)ccc32)c1. The molecule has 1 fully saturated rings. The van der Waals surface area contributed by atoms with Crippen LogP contribution in [0.15, 0.2) is 66.7 Å². The van der Waals surface area contributed by atoms with Gasteiger partial charge in [0, 0.05) is 23.4 Å². The summed E-state index contributed by atoms with van der Waals surface area (Å²) in [5.74, 6) is 1.81. The number of aryl methyl sites for hydroxylation is 1. The Kier molecular flexibility index (Phi) is 5.73. The number of thioether (sulfide) groups is 1. The van der Waals surface area contributed by atoms with Crippen LogP contribution in [0.2, 0.25) is 0 Å². The average molecular weight is 475 g/mol. The van der Waals surface area contributed by atoms with Crippen molar-refractivity contribution < 1.29 is 19.1 Å². The molecule has 0 bridgehead atoms. The first-order valence-electron chi connectivity index (χ1n) is 11.1. The van der Waals surface area contributed by atoms with Crippen LogP contribution < -0.4 is 14.4 Å². The predicted molar refractivity (Wildman–Crippen MR) is 134 cm³/mol. The van der Waals surface area contributed by atoms with Gasteiger partial charge >= 0.3 is 0 Å². The minimum absolute atomic E-state index is 0.110. The molecule has 5 rings (SSSR count). The van der Waals surface area contributed by atoms with E-state index >= 15 is 0 Å². The van der Waals surface area contributed by atoms with Crippen LogP contribution in [-0.2, 0) is 16.2 Å². The van der Waals surface area contributed by atoms with Crippen LogP contribution in [0.5, 0.6) is 11.5 Å². The normalized spacial score (nSPS) is 19.0. The maximum atomic E-state index is 14.2. The summed E-state index contributed by atoms with van der Waals surface area (Å²) >= 11 is 1.51. The maximum Gasteiger partial charge on any atom is 0.268 e. The van der Waals surface area contributed by atoms with Crippen LogP contribution in [0, 0.1) is 6.92 Å². The topological polar surface area (TPSA) is 59.1 Å². The van der Waals surface area contributed by atoms with E-state index in [0.717, 1.165) is 28.1 Å². The molecule has 34 heavy (non-hydrogen) atoms. The monoisotopic (exact) mass is 474 g/mol. The molecule has 1 atom stereocenters. The molecular weight excluding hydrogens is 448 g/mol. The lowest BCUT2D eigenvalue weighted by atomic mass is 10.0. The minimum Gasteiger partial charge on any atom is -0.497 e. The number of hydrogen-bond acceptors (Lipinski definition) is 5. The van der Waals surface area contributed by atoms with Gasteiger partial charge in [0.15, 0.2) is 4.87 Å². The highest BCUT2D eigenvalue weighted by Gasteiger charge is 2.59. The van der Waals surface area contributed by atoms with Crippen molar-refractivity contribution in [3.8, 4) is 11.5 Å². The number of nitrogens with zero attached hydrogens (tertiary/aromatic N) is 2. The summed E-state index contributed by atoms with van der Waals surface area (Å²) in [6.45, 7) is 2.86. The average Bonchev–Trinajstić information content (AvgIpc) is 3.41. The molecule has 2 aliphatic rings. The second kappa shape index (κ2) is 8.72. The van der Waals surface area contributed by atoms with Crippen LogP contribution >= 0.6 is 11.8 Å². The molecule has 3 aromatic rings. The third-order valence-corrected chi connectivity index (χ3v) is 7.84. The lowest BCUT2D eigenvalue weighted by Crippen LogP contribution is -2.50. The first-order chi connectivity index (χ1) is 16.5. The number of ether oxygens (including phenoxy) is 2. The van der Waals surface area contributed by atoms with Crippen molar-refractivity contribution in [3.05, 3.63) is 89.0 Å². The van der Waals surface area contributed by atoms with Gasteiger partial charge in [-0.25, -0.2) is 0 Å². The van der Waals surface area contributed by atoms with Gasteiger partial charge in [-0.3, -0.25) is 9.59 Å². The number of carbonyl (C=O) groups excluding carboxylic acids is 2. The number of amides is 2. The molecule has 174 valence electrons. The Balaban J connectivity index is 1.59. The van der Waals surface area contributed by atoms with E-state index in [9.17, 15) is 9.59 Å². The number of hydrogen-bond donors (Lipinski definition) is 0. The zero-order chi connectivity index (χ0) is 23.9. The van der Waals surface area contributed by atoms with Gasteiger partial charge < -0.3 is 19.3 Å². The molecule has 0 radical (unpaired) electrons. The predicted octanol–water partition coefficient (Wildman–Crippen LogP) is 4.60. The summed E-state index contributed by atoms with van der Waals surface area (Å²) in [6.07, 6.45) is 0. The fourth-order valence-corrected chi connectivity index (χ4v) is 6.14. The van der Waals surface area contributed by atoms with Gasteiger partial charge in [0.2, 0.25) is 0 Å². The quantitative estimate of drug-likeness (QED) is 0.541. The molecule has 1 spiro atoms. The summed E-state index contributed by atoms with van der Waals surface area (Å²) in [6, 6.07) is 20.9. The van der Waals surface area contributed by atoms with Crippen LogP contribution in [0.3, 0.4) is 0 Å². The van der Waals surface area contributed by atoms with E-state index in [1.165, 1.54) is 11.8 Å². The molecule has 3 aromatic carbocycles. The molecular formula is C27H26N2O4S. The summed E-state index contributed by atoms with van der Waals surface area (Å²) in [5, 5.41) is 0. The Morgan fingerprint density at radius 3 is 2.47 bits per heavy atom. The van der Waals surface area contributed by atoms with E-state index in [4.69, 9.17) is 9.47 Å². The van der Waals surface area contributed by atoms with Crippen LogP contribution in [0.25, 0.3) is 0 Å². The number of carbonyl (C=O) groups is 2. The Labute approximate surface area is 203 Å². The van der Waals surface area contributed by atoms with Gasteiger partial charge in [-0.1, -0.05) is 29.8 Å². The largest absolute Gasteiger partial charge is 0.497 e. The van der Waals surface area contributed by atoms with E-state index in [1.54, 1.807) is 24.0 Å². The lowest BCUT2D eigenvalue weighted by Gasteiger charge is -2.33. The second-order valence-corrected chi connectivity index (χ2v) is 9.73. The summed E-state index contributed by atoms with van der Waals surface area (Å²) in [4.78, 5) is 30.2. The second-order valence-electron chi connectivity index (χ2n) is 8.44. The highest BCUT2D eigenvalue weighted by molar-refractivity contribution is 8.01. The van der Waals surface area contributed by atoms with Crippen molar-refractivity contribution in [2.45, 2.75) is 18.3 Å². The van der Waals surface area contributed by atoms with Gasteiger partial charge in [0.1, 0.15) is 11.5 Å². The van der Waals surface area contributed by atoms with Gasteiger partial charge in [-0.05, 0) is 55.0 Å². The molecule has 0 unspecified atom stereocenters. The van der Waals surface area contributed by atoms with Crippen molar-refractivity contribution in [3.63, 3.8) is 0 Å². The van der Waals surface area contributed by atoms with E-state index in [-0.39, 0.29) is 11.8 Å². The van der Waals surface area contributed by atoms with Gasteiger partial charge in [0.25, 0.3) is 11.8 Å². The van der Waals surface area contributed by atoms with Crippen molar-refractivity contribution in [1.82, 2.24) is 4.90 Å². The molecule has 0 saturated carbocycles. The molecule has 2 amide bonds. The van der Waals surface area contributed by atoms with Crippen LogP contribution in [0.1, 0.15) is 27.0 Å². The molecule has 0 aromatic heterocycles. The fraction of sp³-hybridized carbons (Fsp3) is 0.259. The number of anilines is 1. The van der Waals surface area contributed by atoms with Crippen molar-refractivity contribution in [2.24, 2.45) is 0 Å². The Hall–Kier alpha value is -3.45. The zero-order valence-electron chi connectivity index (χ0n) is 19.4. The summed E-state index contributed by atoms with van der Waals surface area (Å²) < 4.78 is 10.9. The third kappa shape index (κ3) is 3.51. The van der Waals surface area contributed by atoms with E-state index in [2.05, 4.69) is 0 Å². The van der Waals surface area contributed by atoms with Crippen LogP contribution in [0.4, 0.5) is 5.69 Å². The lowest BCUT2D eigenvalue weighted by molar-refractivity contribution is -0.123. The maximum absolute atomic E-state index is 14.2.